The molecular formula is C19H18Cl2N4O3S. The van der Waals surface area contributed by atoms with Gasteiger partial charge in [-0.1, -0.05) is 29.3 Å². The predicted octanol–water partition coefficient (Wildman–Crippen LogP) is 4.05. The van der Waals surface area contributed by atoms with Gasteiger partial charge in [0.15, 0.2) is 5.11 Å². The van der Waals surface area contributed by atoms with Gasteiger partial charge < -0.3 is 9.80 Å². The normalized spacial score (nSPS) is 13.9. The number of nitro benzene ring substituents is 1. The lowest BCUT2D eigenvalue weighted by Gasteiger charge is -2.37. The van der Waals surface area contributed by atoms with E-state index >= 15 is 0 Å². The standard InChI is InChI=1S/C19H18Cl2N4O3S/c1-12-2-3-13(10-15(12)20)18(26)22-19(29)24-8-6-23(7-9-24)17-5-4-14(25(27)28)11-16(17)21/h2-5,10-11H,6-9H2,1H3,(H,22,26,29). The van der Waals surface area contributed by atoms with Gasteiger partial charge in [0.05, 0.1) is 15.6 Å². The first-order chi connectivity index (χ1) is 13.8. The maximum Gasteiger partial charge on any atom is 0.271 e. The van der Waals surface area contributed by atoms with Crippen LogP contribution in [0.5, 0.6) is 0 Å². The molecule has 0 spiro atoms. The van der Waals surface area contributed by atoms with E-state index in [9.17, 15) is 14.9 Å². The van der Waals surface area contributed by atoms with Crippen LogP contribution in [0.15, 0.2) is 36.4 Å². The van der Waals surface area contributed by atoms with Crippen molar-refractivity contribution in [2.75, 3.05) is 31.1 Å². The van der Waals surface area contributed by atoms with Crippen molar-refractivity contribution < 1.29 is 9.72 Å². The highest BCUT2D eigenvalue weighted by Crippen LogP contribution is 2.30. The van der Waals surface area contributed by atoms with Crippen LogP contribution in [-0.2, 0) is 0 Å². The molecule has 1 fully saturated rings. The number of carbonyl (C=O) groups excluding carboxylic acids is 1. The molecular weight excluding hydrogens is 435 g/mol. The summed E-state index contributed by atoms with van der Waals surface area (Å²) in [6.45, 7) is 4.27. The van der Waals surface area contributed by atoms with E-state index in [2.05, 4.69) is 5.32 Å². The minimum atomic E-state index is -0.476. The Morgan fingerprint density at radius 1 is 1.10 bits per heavy atom. The fourth-order valence-corrected chi connectivity index (χ4v) is 3.75. The number of anilines is 1. The molecule has 0 aromatic heterocycles. The van der Waals surface area contributed by atoms with E-state index in [1.807, 2.05) is 16.7 Å². The molecule has 3 rings (SSSR count). The third-order valence-electron chi connectivity index (χ3n) is 4.70. The number of nitro groups is 1. The van der Waals surface area contributed by atoms with E-state index in [0.717, 1.165) is 11.3 Å². The first kappa shape index (κ1) is 21.3. The van der Waals surface area contributed by atoms with Gasteiger partial charge in [0, 0.05) is 48.9 Å². The molecule has 0 radical (unpaired) electrons. The van der Waals surface area contributed by atoms with Gasteiger partial charge in [-0.2, -0.15) is 0 Å². The first-order valence-electron chi connectivity index (χ1n) is 8.81. The molecule has 1 aliphatic heterocycles. The second-order valence-corrected chi connectivity index (χ2v) is 7.79. The van der Waals surface area contributed by atoms with Gasteiger partial charge in [0.2, 0.25) is 0 Å². The average molecular weight is 453 g/mol. The second-order valence-electron chi connectivity index (χ2n) is 6.59. The Balaban J connectivity index is 1.58. The smallest absolute Gasteiger partial charge is 0.271 e. The van der Waals surface area contributed by atoms with E-state index in [4.69, 9.17) is 35.4 Å². The van der Waals surface area contributed by atoms with Crippen LogP contribution >= 0.6 is 35.4 Å². The van der Waals surface area contributed by atoms with Crippen molar-refractivity contribution in [3.63, 3.8) is 0 Å². The van der Waals surface area contributed by atoms with Crippen LogP contribution in [0.3, 0.4) is 0 Å². The number of hydrogen-bond donors (Lipinski definition) is 1. The van der Waals surface area contributed by atoms with Gasteiger partial charge in [-0.3, -0.25) is 20.2 Å². The molecule has 1 saturated heterocycles. The Hall–Kier alpha value is -2.42. The molecule has 10 heteroatoms. The fourth-order valence-electron chi connectivity index (χ4n) is 3.00. The van der Waals surface area contributed by atoms with E-state index in [-0.39, 0.29) is 11.6 Å². The highest BCUT2D eigenvalue weighted by atomic mass is 35.5. The van der Waals surface area contributed by atoms with E-state index in [0.29, 0.717) is 46.9 Å². The van der Waals surface area contributed by atoms with Gasteiger partial charge in [-0.15, -0.1) is 0 Å². The molecule has 0 unspecified atom stereocenters. The Morgan fingerprint density at radius 2 is 1.79 bits per heavy atom. The molecule has 0 atom stereocenters. The number of hydrogen-bond acceptors (Lipinski definition) is 5. The molecule has 2 aromatic carbocycles. The summed E-state index contributed by atoms with van der Waals surface area (Å²) in [4.78, 5) is 26.7. The number of rotatable bonds is 3. The largest absolute Gasteiger partial charge is 0.367 e. The Bertz CT molecular complexity index is 978. The molecule has 0 aliphatic carbocycles. The molecule has 152 valence electrons. The summed E-state index contributed by atoms with van der Waals surface area (Å²) in [6.07, 6.45) is 0. The quantitative estimate of drug-likeness (QED) is 0.429. The summed E-state index contributed by atoms with van der Waals surface area (Å²) in [5.41, 5.74) is 2.03. The molecule has 0 saturated carbocycles. The molecule has 1 aliphatic rings. The van der Waals surface area contributed by atoms with Gasteiger partial charge in [0.1, 0.15) is 0 Å². The summed E-state index contributed by atoms with van der Waals surface area (Å²) >= 11 is 17.7. The van der Waals surface area contributed by atoms with Crippen molar-refractivity contribution in [3.05, 3.63) is 67.7 Å². The summed E-state index contributed by atoms with van der Waals surface area (Å²) in [5, 5.41) is 14.8. The Morgan fingerprint density at radius 3 is 2.38 bits per heavy atom. The number of thiocarbonyl (C=S) groups is 1. The highest BCUT2D eigenvalue weighted by molar-refractivity contribution is 7.80. The summed E-state index contributed by atoms with van der Waals surface area (Å²) < 4.78 is 0. The zero-order valence-electron chi connectivity index (χ0n) is 15.5. The Kier molecular flexibility index (Phi) is 6.56. The second kappa shape index (κ2) is 8.94. The minimum Gasteiger partial charge on any atom is -0.367 e. The van der Waals surface area contributed by atoms with Crippen molar-refractivity contribution in [3.8, 4) is 0 Å². The highest BCUT2D eigenvalue weighted by Gasteiger charge is 2.23. The maximum absolute atomic E-state index is 12.4. The van der Waals surface area contributed by atoms with Crippen LogP contribution in [0.25, 0.3) is 0 Å². The number of aryl methyl sites for hydroxylation is 1. The van der Waals surface area contributed by atoms with E-state index in [1.54, 1.807) is 24.3 Å². The SMILES string of the molecule is Cc1ccc(C(=O)NC(=S)N2CCN(c3ccc([N+](=O)[O-])cc3Cl)CC2)cc1Cl. The Labute approximate surface area is 183 Å². The number of carbonyl (C=O) groups is 1. The van der Waals surface area contributed by atoms with Gasteiger partial charge in [-0.25, -0.2) is 0 Å². The number of nitrogens with one attached hydrogen (secondary N) is 1. The van der Waals surface area contributed by atoms with Gasteiger partial charge >= 0.3 is 0 Å². The lowest BCUT2D eigenvalue weighted by atomic mass is 10.1. The van der Waals surface area contributed by atoms with Crippen molar-refractivity contribution in [2.24, 2.45) is 0 Å². The average Bonchev–Trinajstić information content (AvgIpc) is 2.70. The molecule has 1 N–H and O–H groups in total. The zero-order chi connectivity index (χ0) is 21.1. The van der Waals surface area contributed by atoms with Crippen molar-refractivity contribution >= 4 is 57.8 Å². The third-order valence-corrected chi connectivity index (χ3v) is 5.77. The number of benzene rings is 2. The van der Waals surface area contributed by atoms with Crippen molar-refractivity contribution in [1.82, 2.24) is 10.2 Å². The zero-order valence-corrected chi connectivity index (χ0v) is 17.9. The van der Waals surface area contributed by atoms with Crippen LogP contribution in [0.4, 0.5) is 11.4 Å². The molecule has 2 aromatic rings. The number of halogens is 2. The van der Waals surface area contributed by atoms with Crippen LogP contribution in [0.2, 0.25) is 10.0 Å². The van der Waals surface area contributed by atoms with E-state index in [1.165, 1.54) is 12.1 Å². The van der Waals surface area contributed by atoms with E-state index < -0.39 is 4.92 Å². The lowest BCUT2D eigenvalue weighted by molar-refractivity contribution is -0.384. The number of piperazine rings is 1. The third kappa shape index (κ3) is 4.95. The summed E-state index contributed by atoms with van der Waals surface area (Å²) in [6, 6.07) is 9.54. The molecule has 1 amide bonds. The van der Waals surface area contributed by atoms with Gasteiger partial charge in [0.25, 0.3) is 11.6 Å². The predicted molar refractivity (Wildman–Crippen MR) is 118 cm³/mol. The topological polar surface area (TPSA) is 78.7 Å². The maximum atomic E-state index is 12.4. The number of nitrogens with zero attached hydrogens (tertiary/aromatic N) is 3. The monoisotopic (exact) mass is 452 g/mol. The number of amides is 1. The summed E-state index contributed by atoms with van der Waals surface area (Å²) in [7, 11) is 0. The minimum absolute atomic E-state index is 0.0440. The molecule has 29 heavy (non-hydrogen) atoms. The lowest BCUT2D eigenvalue weighted by Crippen LogP contribution is -2.52. The van der Waals surface area contributed by atoms with Gasteiger partial charge in [-0.05, 0) is 42.9 Å². The van der Waals surface area contributed by atoms with Crippen LogP contribution in [0.1, 0.15) is 15.9 Å². The van der Waals surface area contributed by atoms with Crippen molar-refractivity contribution in [2.45, 2.75) is 6.92 Å². The number of non-ortho nitro benzene ring substituents is 1. The molecule has 0 bridgehead atoms. The van der Waals surface area contributed by atoms with Crippen LogP contribution < -0.4 is 10.2 Å². The molecule has 7 nitrogen and oxygen atoms in total. The first-order valence-corrected chi connectivity index (χ1v) is 9.98. The van der Waals surface area contributed by atoms with Crippen LogP contribution in [-0.4, -0.2) is 47.0 Å². The van der Waals surface area contributed by atoms with Crippen molar-refractivity contribution in [1.29, 1.82) is 0 Å². The summed E-state index contributed by atoms with van der Waals surface area (Å²) in [5.74, 6) is -0.308. The molecule has 1 heterocycles. The fraction of sp³-hybridized carbons (Fsp3) is 0.263. The van der Waals surface area contributed by atoms with Crippen LogP contribution in [0, 0.1) is 17.0 Å².